The molecule has 7 nitrogen and oxygen atoms in total. The number of nitrogens with zero attached hydrogens (tertiary/aromatic N) is 1. The Morgan fingerprint density at radius 3 is 2.91 bits per heavy atom. The summed E-state index contributed by atoms with van der Waals surface area (Å²) in [7, 11) is 0. The monoisotopic (exact) mass is 307 g/mol. The number of hydrogen-bond acceptors (Lipinski definition) is 5. The van der Waals surface area contributed by atoms with Gasteiger partial charge in [0.15, 0.2) is 0 Å². The largest absolute Gasteiger partial charge is 0.381 e. The lowest BCUT2D eigenvalue weighted by Gasteiger charge is -2.43. The predicted molar refractivity (Wildman–Crippen MR) is 78.8 cm³/mol. The number of carbonyl (C=O) groups is 1. The van der Waals surface area contributed by atoms with Gasteiger partial charge in [-0.15, -0.1) is 0 Å². The van der Waals surface area contributed by atoms with Crippen LogP contribution < -0.4 is 10.9 Å². The SMILES string of the molecule is Cc1ncc(C(=O)N[C@H]2CCOC3(CCOCC3)C2)c(=O)[nH]1. The molecule has 120 valence electrons. The van der Waals surface area contributed by atoms with E-state index in [1.165, 1.54) is 6.20 Å². The standard InChI is InChI=1S/C15H21N3O4/c1-10-16-9-12(13(19)17-10)14(20)18-11-2-5-22-15(8-11)3-6-21-7-4-15/h9,11H,2-8H2,1H3,(H,18,20)(H,16,17,19)/t11-/m0/s1. The zero-order chi connectivity index (χ0) is 15.6. The molecule has 1 amide bonds. The minimum Gasteiger partial charge on any atom is -0.381 e. The summed E-state index contributed by atoms with van der Waals surface area (Å²) in [6.45, 7) is 3.69. The predicted octanol–water partition coefficient (Wildman–Crippen LogP) is 0.536. The zero-order valence-electron chi connectivity index (χ0n) is 12.7. The Bertz CT molecular complexity index is 602. The van der Waals surface area contributed by atoms with Crippen LogP contribution in [0.4, 0.5) is 0 Å². The molecule has 0 unspecified atom stereocenters. The molecule has 0 aromatic carbocycles. The summed E-state index contributed by atoms with van der Waals surface area (Å²) in [6, 6.07) is 0.0139. The smallest absolute Gasteiger partial charge is 0.263 e. The molecule has 0 aliphatic carbocycles. The van der Waals surface area contributed by atoms with Crippen LogP contribution in [0.3, 0.4) is 0 Å². The first-order valence-electron chi connectivity index (χ1n) is 7.66. The maximum absolute atomic E-state index is 12.3. The van der Waals surface area contributed by atoms with Gasteiger partial charge in [-0.05, 0) is 32.6 Å². The summed E-state index contributed by atoms with van der Waals surface area (Å²) in [6.07, 6.45) is 4.55. The number of hydrogen-bond donors (Lipinski definition) is 2. The van der Waals surface area contributed by atoms with Gasteiger partial charge >= 0.3 is 0 Å². The Balaban J connectivity index is 1.67. The summed E-state index contributed by atoms with van der Waals surface area (Å²) in [5.74, 6) is 0.122. The molecular weight excluding hydrogens is 286 g/mol. The van der Waals surface area contributed by atoms with Gasteiger partial charge in [0.05, 0.1) is 5.60 Å². The molecule has 7 heteroatoms. The molecule has 2 aliphatic rings. The fourth-order valence-electron chi connectivity index (χ4n) is 3.15. The van der Waals surface area contributed by atoms with Crippen LogP contribution in [-0.4, -0.2) is 47.3 Å². The van der Waals surface area contributed by atoms with E-state index in [0.717, 1.165) is 25.7 Å². The van der Waals surface area contributed by atoms with Crippen molar-refractivity contribution in [1.82, 2.24) is 15.3 Å². The normalized spacial score (nSPS) is 24.1. The first kappa shape index (κ1) is 15.2. The molecule has 2 aliphatic heterocycles. The second kappa shape index (κ2) is 6.18. The lowest BCUT2D eigenvalue weighted by molar-refractivity contribution is -0.139. The van der Waals surface area contributed by atoms with E-state index in [1.54, 1.807) is 6.92 Å². The number of aromatic amines is 1. The van der Waals surface area contributed by atoms with Crippen molar-refractivity contribution in [3.05, 3.63) is 27.9 Å². The van der Waals surface area contributed by atoms with Crippen molar-refractivity contribution < 1.29 is 14.3 Å². The highest BCUT2D eigenvalue weighted by Crippen LogP contribution is 2.34. The third-order valence-corrected chi connectivity index (χ3v) is 4.40. The molecular formula is C15H21N3O4. The summed E-state index contributed by atoms with van der Waals surface area (Å²) < 4.78 is 11.3. The maximum Gasteiger partial charge on any atom is 0.263 e. The second-order valence-corrected chi connectivity index (χ2v) is 6.02. The molecule has 3 rings (SSSR count). The fourth-order valence-corrected chi connectivity index (χ4v) is 3.15. The van der Waals surface area contributed by atoms with E-state index in [2.05, 4.69) is 15.3 Å². The van der Waals surface area contributed by atoms with Crippen molar-refractivity contribution in [3.8, 4) is 0 Å². The van der Waals surface area contributed by atoms with Crippen LogP contribution in [0.2, 0.25) is 0 Å². The number of H-pyrrole nitrogens is 1. The highest BCUT2D eigenvalue weighted by atomic mass is 16.5. The minimum atomic E-state index is -0.405. The summed E-state index contributed by atoms with van der Waals surface area (Å²) >= 11 is 0. The van der Waals surface area contributed by atoms with Gasteiger partial charge in [0.2, 0.25) is 0 Å². The van der Waals surface area contributed by atoms with E-state index in [4.69, 9.17) is 9.47 Å². The summed E-state index contributed by atoms with van der Waals surface area (Å²) in [5.41, 5.74) is -0.539. The molecule has 1 aromatic rings. The molecule has 2 N–H and O–H groups in total. The molecule has 1 atom stereocenters. The van der Waals surface area contributed by atoms with Crippen LogP contribution in [0.15, 0.2) is 11.0 Å². The molecule has 0 radical (unpaired) electrons. The Morgan fingerprint density at radius 1 is 1.41 bits per heavy atom. The summed E-state index contributed by atoms with van der Waals surface area (Å²) in [5, 5.41) is 2.95. The van der Waals surface area contributed by atoms with Crippen LogP contribution in [0.5, 0.6) is 0 Å². The molecule has 1 spiro atoms. The number of aromatic nitrogens is 2. The van der Waals surface area contributed by atoms with Crippen LogP contribution >= 0.6 is 0 Å². The molecule has 2 fully saturated rings. The topological polar surface area (TPSA) is 93.3 Å². The van der Waals surface area contributed by atoms with Crippen LogP contribution in [-0.2, 0) is 9.47 Å². The van der Waals surface area contributed by atoms with Gasteiger partial charge in [0.25, 0.3) is 11.5 Å². The van der Waals surface area contributed by atoms with Gasteiger partial charge in [-0.25, -0.2) is 4.98 Å². The molecule has 0 saturated carbocycles. The van der Waals surface area contributed by atoms with Gasteiger partial charge in [0.1, 0.15) is 11.4 Å². The van der Waals surface area contributed by atoms with Crippen molar-refractivity contribution in [2.75, 3.05) is 19.8 Å². The Kier molecular flexibility index (Phi) is 4.26. The lowest BCUT2D eigenvalue weighted by Crippen LogP contribution is -2.51. The van der Waals surface area contributed by atoms with E-state index in [0.29, 0.717) is 25.6 Å². The third kappa shape index (κ3) is 3.20. The van der Waals surface area contributed by atoms with E-state index in [9.17, 15) is 9.59 Å². The number of aryl methyl sites for hydroxylation is 1. The van der Waals surface area contributed by atoms with E-state index >= 15 is 0 Å². The summed E-state index contributed by atoms with van der Waals surface area (Å²) in [4.78, 5) is 30.6. The molecule has 22 heavy (non-hydrogen) atoms. The van der Waals surface area contributed by atoms with Crippen LogP contribution in [0.25, 0.3) is 0 Å². The lowest BCUT2D eigenvalue weighted by atomic mass is 9.84. The number of nitrogens with one attached hydrogen (secondary N) is 2. The molecule has 2 saturated heterocycles. The van der Waals surface area contributed by atoms with Gasteiger partial charge < -0.3 is 19.8 Å². The van der Waals surface area contributed by atoms with Crippen molar-refractivity contribution in [3.63, 3.8) is 0 Å². The van der Waals surface area contributed by atoms with E-state index < -0.39 is 5.56 Å². The average Bonchev–Trinajstić information content (AvgIpc) is 2.48. The van der Waals surface area contributed by atoms with Crippen molar-refractivity contribution in [2.24, 2.45) is 0 Å². The fraction of sp³-hybridized carbons (Fsp3) is 0.667. The van der Waals surface area contributed by atoms with Gasteiger partial charge in [0, 0.05) is 32.1 Å². The first-order valence-corrected chi connectivity index (χ1v) is 7.66. The van der Waals surface area contributed by atoms with Crippen molar-refractivity contribution >= 4 is 5.91 Å². The van der Waals surface area contributed by atoms with Gasteiger partial charge in [-0.1, -0.05) is 0 Å². The second-order valence-electron chi connectivity index (χ2n) is 6.02. The van der Waals surface area contributed by atoms with Gasteiger partial charge in [-0.2, -0.15) is 0 Å². The van der Waals surface area contributed by atoms with Crippen molar-refractivity contribution in [2.45, 2.75) is 44.2 Å². The Hall–Kier alpha value is -1.73. The number of ether oxygens (including phenoxy) is 2. The van der Waals surface area contributed by atoms with Crippen LogP contribution in [0, 0.1) is 6.92 Å². The average molecular weight is 307 g/mol. The number of rotatable bonds is 2. The quantitative estimate of drug-likeness (QED) is 0.831. The maximum atomic E-state index is 12.3. The Morgan fingerprint density at radius 2 is 2.18 bits per heavy atom. The highest BCUT2D eigenvalue weighted by molar-refractivity contribution is 5.93. The van der Waals surface area contributed by atoms with E-state index in [-0.39, 0.29) is 23.1 Å². The minimum absolute atomic E-state index is 0.0139. The molecule has 1 aromatic heterocycles. The molecule has 3 heterocycles. The van der Waals surface area contributed by atoms with E-state index in [1.807, 2.05) is 0 Å². The van der Waals surface area contributed by atoms with Gasteiger partial charge in [-0.3, -0.25) is 9.59 Å². The number of carbonyl (C=O) groups excluding carboxylic acids is 1. The number of amides is 1. The third-order valence-electron chi connectivity index (χ3n) is 4.40. The molecule has 0 bridgehead atoms. The zero-order valence-corrected chi connectivity index (χ0v) is 12.7. The highest BCUT2D eigenvalue weighted by Gasteiger charge is 2.39. The van der Waals surface area contributed by atoms with Crippen molar-refractivity contribution in [1.29, 1.82) is 0 Å². The first-order chi connectivity index (χ1) is 10.6. The Labute approximate surface area is 128 Å². The van der Waals surface area contributed by atoms with Crippen LogP contribution in [0.1, 0.15) is 41.9 Å².